The molecule has 0 aliphatic carbocycles. The largest absolute Gasteiger partial charge is 0.497 e. The average Bonchev–Trinajstić information content (AvgIpc) is 2.93. The van der Waals surface area contributed by atoms with Crippen LogP contribution in [0.3, 0.4) is 0 Å². The van der Waals surface area contributed by atoms with Gasteiger partial charge in [-0.3, -0.25) is 4.79 Å². The number of methoxy groups -OCH3 is 2. The van der Waals surface area contributed by atoms with Crippen molar-refractivity contribution in [1.29, 1.82) is 0 Å². The highest BCUT2D eigenvalue weighted by molar-refractivity contribution is 8.00. The van der Waals surface area contributed by atoms with Gasteiger partial charge in [-0.05, 0) is 89.8 Å². The number of anilines is 2. The van der Waals surface area contributed by atoms with Crippen molar-refractivity contribution in [1.82, 2.24) is 5.32 Å². The molecule has 0 aliphatic heterocycles. The number of hydrogen-bond donors (Lipinski definition) is 3. The molecule has 0 unspecified atom stereocenters. The fraction of sp³-hybridized carbons (Fsp3) is 0.138. The number of halogens is 2. The molecule has 0 atom stereocenters. The summed E-state index contributed by atoms with van der Waals surface area (Å²) in [4.78, 5) is 13.3. The Morgan fingerprint density at radius 3 is 2.32 bits per heavy atom. The van der Waals surface area contributed by atoms with Crippen LogP contribution in [-0.4, -0.2) is 33.2 Å². The lowest BCUT2D eigenvalue weighted by Crippen LogP contribution is -2.28. The zero-order valence-electron chi connectivity index (χ0n) is 20.9. The summed E-state index contributed by atoms with van der Waals surface area (Å²) in [6, 6.07) is 26.4. The monoisotopic (exact) mass is 567 g/mol. The van der Waals surface area contributed by atoms with Crippen molar-refractivity contribution in [3.8, 4) is 22.6 Å². The fourth-order valence-electron chi connectivity index (χ4n) is 3.71. The van der Waals surface area contributed by atoms with Gasteiger partial charge < -0.3 is 24.8 Å². The first-order valence-electron chi connectivity index (χ1n) is 11.8. The van der Waals surface area contributed by atoms with Crippen molar-refractivity contribution in [2.24, 2.45) is 0 Å². The molecule has 0 saturated heterocycles. The van der Waals surface area contributed by atoms with E-state index in [9.17, 15) is 4.79 Å². The number of carbonyl (C=O) groups is 1. The number of nitrogens with one attached hydrogen (secondary N) is 3. The average molecular weight is 569 g/mol. The van der Waals surface area contributed by atoms with Gasteiger partial charge in [0.1, 0.15) is 11.5 Å². The Hall–Kier alpha value is -3.52. The SMILES string of the molecule is COc1cccc(C(=O)NCCNc2cccc(NSc3cc(-c4cc(Cl)cc(Cl)c4)ccc3OC)c2)c1. The van der Waals surface area contributed by atoms with Gasteiger partial charge in [0, 0.05) is 40.1 Å². The Morgan fingerprint density at radius 1 is 0.789 bits per heavy atom. The maximum absolute atomic E-state index is 12.4. The van der Waals surface area contributed by atoms with Gasteiger partial charge in [0.15, 0.2) is 0 Å². The normalized spacial score (nSPS) is 10.5. The quantitative estimate of drug-likeness (QED) is 0.128. The van der Waals surface area contributed by atoms with Gasteiger partial charge >= 0.3 is 0 Å². The van der Waals surface area contributed by atoms with E-state index in [0.29, 0.717) is 34.4 Å². The van der Waals surface area contributed by atoms with Crippen molar-refractivity contribution in [2.75, 3.05) is 37.3 Å². The minimum Gasteiger partial charge on any atom is -0.497 e. The first-order valence-corrected chi connectivity index (χ1v) is 13.4. The highest BCUT2D eigenvalue weighted by Crippen LogP contribution is 2.36. The second kappa shape index (κ2) is 13.3. The van der Waals surface area contributed by atoms with Crippen LogP contribution in [0.5, 0.6) is 11.5 Å². The van der Waals surface area contributed by atoms with E-state index in [-0.39, 0.29) is 5.91 Å². The molecule has 0 aliphatic rings. The summed E-state index contributed by atoms with van der Waals surface area (Å²) in [5, 5.41) is 7.42. The van der Waals surface area contributed by atoms with Gasteiger partial charge in [0.2, 0.25) is 0 Å². The van der Waals surface area contributed by atoms with Crippen LogP contribution < -0.4 is 24.8 Å². The molecule has 3 N–H and O–H groups in total. The number of carbonyl (C=O) groups excluding carboxylic acids is 1. The Labute approximate surface area is 236 Å². The first kappa shape index (κ1) is 27.5. The van der Waals surface area contributed by atoms with Gasteiger partial charge in [-0.1, -0.05) is 41.4 Å². The van der Waals surface area contributed by atoms with E-state index in [1.165, 1.54) is 11.9 Å². The molecular weight excluding hydrogens is 541 g/mol. The van der Waals surface area contributed by atoms with Crippen LogP contribution in [0.4, 0.5) is 11.4 Å². The predicted octanol–water partition coefficient (Wildman–Crippen LogP) is 7.64. The van der Waals surface area contributed by atoms with E-state index in [1.54, 1.807) is 44.6 Å². The van der Waals surface area contributed by atoms with Crippen LogP contribution in [0, 0.1) is 0 Å². The van der Waals surface area contributed by atoms with Gasteiger partial charge in [-0.15, -0.1) is 0 Å². The predicted molar refractivity (Wildman–Crippen MR) is 158 cm³/mol. The van der Waals surface area contributed by atoms with Crippen molar-refractivity contribution >= 4 is 52.4 Å². The molecule has 1 amide bonds. The number of amides is 1. The van der Waals surface area contributed by atoms with E-state index in [0.717, 1.165) is 33.1 Å². The third kappa shape index (κ3) is 7.51. The van der Waals surface area contributed by atoms with E-state index in [4.69, 9.17) is 32.7 Å². The summed E-state index contributed by atoms with van der Waals surface area (Å²) in [5.41, 5.74) is 4.31. The molecule has 0 bridgehead atoms. The highest BCUT2D eigenvalue weighted by atomic mass is 35.5. The summed E-state index contributed by atoms with van der Waals surface area (Å²) in [5.74, 6) is 1.25. The number of benzene rings is 4. The Morgan fingerprint density at radius 2 is 1.55 bits per heavy atom. The zero-order valence-corrected chi connectivity index (χ0v) is 23.2. The van der Waals surface area contributed by atoms with E-state index < -0.39 is 0 Å². The molecule has 0 saturated carbocycles. The third-order valence-electron chi connectivity index (χ3n) is 5.57. The lowest BCUT2D eigenvalue weighted by atomic mass is 10.1. The number of rotatable bonds is 11. The lowest BCUT2D eigenvalue weighted by molar-refractivity contribution is 0.0955. The third-order valence-corrected chi connectivity index (χ3v) is 6.89. The molecular formula is C29H27Cl2N3O3S. The maximum Gasteiger partial charge on any atom is 0.251 e. The van der Waals surface area contributed by atoms with Crippen molar-refractivity contribution in [2.45, 2.75) is 4.90 Å². The van der Waals surface area contributed by atoms with E-state index in [1.807, 2.05) is 54.6 Å². The molecule has 9 heteroatoms. The molecule has 196 valence electrons. The highest BCUT2D eigenvalue weighted by Gasteiger charge is 2.10. The van der Waals surface area contributed by atoms with E-state index >= 15 is 0 Å². The van der Waals surface area contributed by atoms with Crippen LogP contribution in [0.25, 0.3) is 11.1 Å². The smallest absolute Gasteiger partial charge is 0.251 e. The summed E-state index contributed by atoms with van der Waals surface area (Å²) in [6.07, 6.45) is 0. The topological polar surface area (TPSA) is 71.6 Å². The lowest BCUT2D eigenvalue weighted by Gasteiger charge is -2.13. The molecule has 0 spiro atoms. The van der Waals surface area contributed by atoms with Crippen LogP contribution in [0.2, 0.25) is 10.0 Å². The molecule has 4 aromatic carbocycles. The summed E-state index contributed by atoms with van der Waals surface area (Å²) in [6.45, 7) is 1.05. The Kier molecular flexibility index (Phi) is 9.65. The first-order chi connectivity index (χ1) is 18.4. The van der Waals surface area contributed by atoms with Crippen LogP contribution in [-0.2, 0) is 0 Å². The summed E-state index contributed by atoms with van der Waals surface area (Å²) >= 11 is 13.8. The van der Waals surface area contributed by atoms with Gasteiger partial charge in [0.05, 0.1) is 19.1 Å². The van der Waals surface area contributed by atoms with Crippen molar-refractivity contribution in [3.05, 3.63) is 101 Å². The summed E-state index contributed by atoms with van der Waals surface area (Å²) in [7, 11) is 3.22. The minimum absolute atomic E-state index is 0.145. The zero-order chi connectivity index (χ0) is 26.9. The summed E-state index contributed by atoms with van der Waals surface area (Å²) < 4.78 is 14.1. The molecule has 0 radical (unpaired) electrons. The second-order valence-electron chi connectivity index (χ2n) is 8.22. The molecule has 0 aromatic heterocycles. The molecule has 4 rings (SSSR count). The molecule has 6 nitrogen and oxygen atoms in total. The molecule has 0 fully saturated rings. The number of ether oxygens (including phenoxy) is 2. The van der Waals surface area contributed by atoms with Crippen LogP contribution in [0.1, 0.15) is 10.4 Å². The number of hydrogen-bond acceptors (Lipinski definition) is 6. The van der Waals surface area contributed by atoms with Gasteiger partial charge in [-0.2, -0.15) is 0 Å². The Bertz CT molecular complexity index is 1400. The van der Waals surface area contributed by atoms with Crippen LogP contribution >= 0.6 is 35.1 Å². The van der Waals surface area contributed by atoms with Gasteiger partial charge in [0.25, 0.3) is 5.91 Å². The second-order valence-corrected chi connectivity index (χ2v) is 9.94. The van der Waals surface area contributed by atoms with E-state index in [2.05, 4.69) is 15.4 Å². The van der Waals surface area contributed by atoms with Crippen molar-refractivity contribution < 1.29 is 14.3 Å². The van der Waals surface area contributed by atoms with Gasteiger partial charge in [-0.25, -0.2) is 0 Å². The molecule has 38 heavy (non-hydrogen) atoms. The Balaban J connectivity index is 1.34. The molecule has 0 heterocycles. The van der Waals surface area contributed by atoms with Crippen LogP contribution in [0.15, 0.2) is 89.8 Å². The van der Waals surface area contributed by atoms with Crippen molar-refractivity contribution in [3.63, 3.8) is 0 Å². The standard InChI is InChI=1S/C29H27Cl2N3O3S/c1-36-26-8-3-5-20(15-26)29(35)33-12-11-32-24-6-4-7-25(18-24)34-38-28-16-19(9-10-27(28)37-2)21-13-22(30)17-23(31)14-21/h3-10,13-18,32,34H,11-12H2,1-2H3,(H,33,35). The fourth-order valence-corrected chi connectivity index (χ4v) is 5.03. The minimum atomic E-state index is -0.145. The maximum atomic E-state index is 12.4. The molecule has 4 aromatic rings.